The van der Waals surface area contributed by atoms with Gasteiger partial charge in [0.15, 0.2) is 0 Å². The number of hydrogen-bond acceptors (Lipinski definition) is 4. The van der Waals surface area contributed by atoms with Gasteiger partial charge < -0.3 is 10.1 Å². The van der Waals surface area contributed by atoms with Gasteiger partial charge in [0.1, 0.15) is 6.10 Å². The number of ether oxygens (including phenoxy) is 1. The lowest BCUT2D eigenvalue weighted by atomic mass is 10.1. The van der Waals surface area contributed by atoms with Gasteiger partial charge in [-0.25, -0.2) is 4.98 Å². The van der Waals surface area contributed by atoms with E-state index < -0.39 is 0 Å². The minimum absolute atomic E-state index is 0.276. The lowest BCUT2D eigenvalue weighted by molar-refractivity contribution is 0.156. The second-order valence-corrected chi connectivity index (χ2v) is 4.67. The molecule has 0 unspecified atom stereocenters. The Balaban J connectivity index is 1.76. The van der Waals surface area contributed by atoms with Gasteiger partial charge in [-0.1, -0.05) is 6.07 Å². The molecule has 3 rings (SSSR count). The van der Waals surface area contributed by atoms with E-state index in [1.807, 2.05) is 36.5 Å². The summed E-state index contributed by atoms with van der Waals surface area (Å²) in [6, 6.07) is 9.79. The first-order valence-electron chi connectivity index (χ1n) is 6.67. The van der Waals surface area contributed by atoms with Gasteiger partial charge in [-0.3, -0.25) is 4.98 Å². The van der Waals surface area contributed by atoms with Gasteiger partial charge in [0, 0.05) is 24.0 Å². The summed E-state index contributed by atoms with van der Waals surface area (Å²) in [5, 5.41) is 3.33. The van der Waals surface area contributed by atoms with Crippen molar-refractivity contribution in [3.05, 3.63) is 42.7 Å². The molecule has 2 aromatic heterocycles. The summed E-state index contributed by atoms with van der Waals surface area (Å²) in [4.78, 5) is 8.67. The topological polar surface area (TPSA) is 47.0 Å². The van der Waals surface area contributed by atoms with Crippen LogP contribution in [0.1, 0.15) is 12.8 Å². The quantitative estimate of drug-likeness (QED) is 0.914. The van der Waals surface area contributed by atoms with Crippen LogP contribution in [0.3, 0.4) is 0 Å². The molecule has 2 aromatic rings. The van der Waals surface area contributed by atoms with Crippen molar-refractivity contribution >= 4 is 0 Å². The number of nitrogens with zero attached hydrogens (tertiary/aromatic N) is 2. The highest BCUT2D eigenvalue weighted by molar-refractivity contribution is 5.57. The van der Waals surface area contributed by atoms with Crippen molar-refractivity contribution in [1.29, 1.82) is 0 Å². The lowest BCUT2D eigenvalue weighted by Crippen LogP contribution is -2.34. The smallest absolute Gasteiger partial charge is 0.214 e. The van der Waals surface area contributed by atoms with Gasteiger partial charge in [0.05, 0.1) is 5.69 Å². The third-order valence-corrected chi connectivity index (χ3v) is 3.25. The third kappa shape index (κ3) is 3.09. The Morgan fingerprint density at radius 1 is 1.11 bits per heavy atom. The molecule has 4 nitrogen and oxygen atoms in total. The predicted molar refractivity (Wildman–Crippen MR) is 74.0 cm³/mol. The predicted octanol–water partition coefficient (Wildman–Crippen LogP) is 2.27. The largest absolute Gasteiger partial charge is 0.474 e. The minimum Gasteiger partial charge on any atom is -0.474 e. The zero-order valence-electron chi connectivity index (χ0n) is 10.7. The first-order valence-corrected chi connectivity index (χ1v) is 6.67. The first kappa shape index (κ1) is 12.1. The van der Waals surface area contributed by atoms with Gasteiger partial charge in [-0.05, 0) is 44.1 Å². The molecular weight excluding hydrogens is 238 g/mol. The number of rotatable bonds is 3. The molecular formula is C15H17N3O. The van der Waals surface area contributed by atoms with E-state index in [4.69, 9.17) is 4.74 Å². The highest BCUT2D eigenvalue weighted by Crippen LogP contribution is 2.20. The summed E-state index contributed by atoms with van der Waals surface area (Å²) in [6.07, 6.45) is 5.94. The van der Waals surface area contributed by atoms with Crippen LogP contribution >= 0.6 is 0 Å². The Labute approximate surface area is 112 Å². The maximum atomic E-state index is 5.95. The van der Waals surface area contributed by atoms with Crippen LogP contribution in [0.25, 0.3) is 11.3 Å². The third-order valence-electron chi connectivity index (χ3n) is 3.25. The molecule has 1 aliphatic heterocycles. The molecule has 1 fully saturated rings. The normalized spacial score (nSPS) is 16.2. The van der Waals surface area contributed by atoms with E-state index in [0.29, 0.717) is 5.88 Å². The molecule has 0 spiro atoms. The molecule has 0 radical (unpaired) electrons. The molecule has 98 valence electrons. The molecule has 19 heavy (non-hydrogen) atoms. The summed E-state index contributed by atoms with van der Waals surface area (Å²) < 4.78 is 5.95. The highest BCUT2D eigenvalue weighted by Gasteiger charge is 2.15. The van der Waals surface area contributed by atoms with Gasteiger partial charge in [0.25, 0.3) is 0 Å². The van der Waals surface area contributed by atoms with Crippen molar-refractivity contribution in [2.45, 2.75) is 18.9 Å². The fourth-order valence-corrected chi connectivity index (χ4v) is 2.24. The molecule has 0 aromatic carbocycles. The number of aromatic nitrogens is 2. The molecule has 1 N–H and O–H groups in total. The molecule has 4 heteroatoms. The zero-order valence-corrected chi connectivity index (χ0v) is 10.7. The molecule has 0 bridgehead atoms. The molecule has 1 aliphatic rings. The Morgan fingerprint density at radius 2 is 2.00 bits per heavy atom. The fraction of sp³-hybridized carbons (Fsp3) is 0.333. The van der Waals surface area contributed by atoms with Crippen LogP contribution in [0.2, 0.25) is 0 Å². The van der Waals surface area contributed by atoms with E-state index in [0.717, 1.165) is 37.2 Å². The van der Waals surface area contributed by atoms with Crippen LogP contribution in [0, 0.1) is 0 Å². The van der Waals surface area contributed by atoms with Gasteiger partial charge >= 0.3 is 0 Å². The molecule has 0 atom stereocenters. The summed E-state index contributed by atoms with van der Waals surface area (Å²) >= 11 is 0. The summed E-state index contributed by atoms with van der Waals surface area (Å²) in [5.74, 6) is 0.702. The van der Waals surface area contributed by atoms with Crippen molar-refractivity contribution in [3.63, 3.8) is 0 Å². The fourth-order valence-electron chi connectivity index (χ4n) is 2.24. The maximum absolute atomic E-state index is 5.95. The number of nitrogens with one attached hydrogen (secondary N) is 1. The Bertz CT molecular complexity index is 524. The molecule has 3 heterocycles. The maximum Gasteiger partial charge on any atom is 0.214 e. The van der Waals surface area contributed by atoms with Crippen LogP contribution in [0.5, 0.6) is 5.88 Å². The Morgan fingerprint density at radius 3 is 2.79 bits per heavy atom. The first-order chi connectivity index (χ1) is 9.42. The SMILES string of the molecule is c1cncc(-c2cccc(OC3CCNCC3)n2)c1. The number of hydrogen-bond donors (Lipinski definition) is 1. The van der Waals surface area contributed by atoms with E-state index in [-0.39, 0.29) is 6.10 Å². The number of piperidine rings is 1. The van der Waals surface area contributed by atoms with Crippen LogP contribution in [-0.2, 0) is 0 Å². The van der Waals surface area contributed by atoms with E-state index in [1.165, 1.54) is 0 Å². The molecule has 1 saturated heterocycles. The van der Waals surface area contributed by atoms with E-state index in [9.17, 15) is 0 Å². The number of pyridine rings is 2. The van der Waals surface area contributed by atoms with Crippen molar-refractivity contribution in [2.75, 3.05) is 13.1 Å². The Kier molecular flexibility index (Phi) is 3.70. The van der Waals surface area contributed by atoms with Crippen molar-refractivity contribution in [2.24, 2.45) is 0 Å². The van der Waals surface area contributed by atoms with E-state index in [2.05, 4.69) is 15.3 Å². The standard InChI is InChI=1S/C15H17N3O/c1-4-14(12-3-2-8-17-11-12)18-15(5-1)19-13-6-9-16-10-7-13/h1-5,8,11,13,16H,6-7,9-10H2. The van der Waals surface area contributed by atoms with Crippen molar-refractivity contribution < 1.29 is 4.74 Å². The van der Waals surface area contributed by atoms with E-state index in [1.54, 1.807) is 6.20 Å². The Hall–Kier alpha value is -1.94. The van der Waals surface area contributed by atoms with Gasteiger partial charge in [-0.2, -0.15) is 0 Å². The molecule has 0 saturated carbocycles. The van der Waals surface area contributed by atoms with Crippen molar-refractivity contribution in [1.82, 2.24) is 15.3 Å². The monoisotopic (exact) mass is 255 g/mol. The van der Waals surface area contributed by atoms with Crippen LogP contribution < -0.4 is 10.1 Å². The summed E-state index contributed by atoms with van der Waals surface area (Å²) in [7, 11) is 0. The summed E-state index contributed by atoms with van der Waals surface area (Å²) in [5.41, 5.74) is 1.91. The van der Waals surface area contributed by atoms with Crippen LogP contribution in [0.4, 0.5) is 0 Å². The van der Waals surface area contributed by atoms with Crippen LogP contribution in [0.15, 0.2) is 42.7 Å². The molecule has 0 aliphatic carbocycles. The molecule has 0 amide bonds. The zero-order chi connectivity index (χ0) is 12.9. The average Bonchev–Trinajstić information content (AvgIpc) is 2.49. The summed E-state index contributed by atoms with van der Waals surface area (Å²) in [6.45, 7) is 2.04. The van der Waals surface area contributed by atoms with Gasteiger partial charge in [0.2, 0.25) is 5.88 Å². The minimum atomic E-state index is 0.276. The second kappa shape index (κ2) is 5.80. The highest BCUT2D eigenvalue weighted by atomic mass is 16.5. The van der Waals surface area contributed by atoms with Crippen molar-refractivity contribution in [3.8, 4) is 17.1 Å². The van der Waals surface area contributed by atoms with Crippen LogP contribution in [-0.4, -0.2) is 29.2 Å². The lowest BCUT2D eigenvalue weighted by Gasteiger charge is -2.23. The van der Waals surface area contributed by atoms with E-state index >= 15 is 0 Å². The second-order valence-electron chi connectivity index (χ2n) is 4.67. The average molecular weight is 255 g/mol. The van der Waals surface area contributed by atoms with Gasteiger partial charge in [-0.15, -0.1) is 0 Å².